The molecule has 0 aliphatic heterocycles. The van der Waals surface area contributed by atoms with E-state index >= 15 is 0 Å². The highest BCUT2D eigenvalue weighted by Crippen LogP contribution is 2.27. The van der Waals surface area contributed by atoms with E-state index in [-0.39, 0.29) is 11.3 Å². The lowest BCUT2D eigenvalue weighted by atomic mass is 10.2. The summed E-state index contributed by atoms with van der Waals surface area (Å²) in [6, 6.07) is 7.58. The molecule has 0 saturated carbocycles. The summed E-state index contributed by atoms with van der Waals surface area (Å²) in [5, 5.41) is 9.07. The average Bonchev–Trinajstić information content (AvgIpc) is 2.43. The summed E-state index contributed by atoms with van der Waals surface area (Å²) in [6.45, 7) is 2.27. The minimum absolute atomic E-state index is 0.0511. The van der Waals surface area contributed by atoms with Gasteiger partial charge in [-0.2, -0.15) is 0 Å². The number of hydrogen-bond donors (Lipinski definition) is 2. The molecule has 2 rings (SSSR count). The second kappa shape index (κ2) is 5.56. The lowest BCUT2D eigenvalue weighted by Gasteiger charge is -2.23. The summed E-state index contributed by atoms with van der Waals surface area (Å²) in [5.41, 5.74) is 5.93. The van der Waals surface area contributed by atoms with Crippen LogP contribution in [0.15, 0.2) is 36.5 Å². The lowest BCUT2D eigenvalue weighted by Crippen LogP contribution is -2.19. The fourth-order valence-electron chi connectivity index (χ4n) is 1.91. The zero-order valence-electron chi connectivity index (χ0n) is 10.9. The molecule has 0 atom stereocenters. The second-order valence-corrected chi connectivity index (χ2v) is 4.13. The van der Waals surface area contributed by atoms with E-state index in [4.69, 9.17) is 10.8 Å². The topological polar surface area (TPSA) is 79.5 Å². The number of carboxylic acids is 1. The maximum absolute atomic E-state index is 13.8. The Labute approximate surface area is 115 Å². The van der Waals surface area contributed by atoms with Crippen molar-refractivity contribution < 1.29 is 14.3 Å². The maximum Gasteiger partial charge on any atom is 0.337 e. The average molecular weight is 275 g/mol. The van der Waals surface area contributed by atoms with Gasteiger partial charge in [0.25, 0.3) is 0 Å². The van der Waals surface area contributed by atoms with Crippen LogP contribution < -0.4 is 10.6 Å². The summed E-state index contributed by atoms with van der Waals surface area (Å²) in [5.74, 6) is -1.20. The number of anilines is 3. The van der Waals surface area contributed by atoms with E-state index < -0.39 is 11.8 Å². The molecular weight excluding hydrogens is 261 g/mol. The van der Waals surface area contributed by atoms with Gasteiger partial charge in [-0.25, -0.2) is 14.2 Å². The third-order valence-corrected chi connectivity index (χ3v) is 2.89. The van der Waals surface area contributed by atoms with E-state index in [1.807, 2.05) is 6.92 Å². The van der Waals surface area contributed by atoms with Crippen LogP contribution in [0.3, 0.4) is 0 Å². The standard InChI is InChI=1S/C14H14FN3O2/c1-2-18(12-6-4-3-5-10(12)15)13-7-9(14(19)20)11(16)8-17-13/h3-8H,2,16H2,1H3,(H,19,20). The molecule has 2 aromatic rings. The van der Waals surface area contributed by atoms with Crippen molar-refractivity contribution in [3.05, 3.63) is 47.9 Å². The number of aromatic nitrogens is 1. The minimum Gasteiger partial charge on any atom is -0.478 e. The first kappa shape index (κ1) is 13.8. The molecule has 0 spiro atoms. The fraction of sp³-hybridized carbons (Fsp3) is 0.143. The smallest absolute Gasteiger partial charge is 0.337 e. The van der Waals surface area contributed by atoms with Crippen LogP contribution in [0.1, 0.15) is 17.3 Å². The maximum atomic E-state index is 13.8. The van der Waals surface area contributed by atoms with Crippen molar-refractivity contribution in [1.29, 1.82) is 0 Å². The Hall–Kier alpha value is -2.63. The first-order valence-corrected chi connectivity index (χ1v) is 6.05. The van der Waals surface area contributed by atoms with E-state index in [9.17, 15) is 9.18 Å². The van der Waals surface area contributed by atoms with Crippen molar-refractivity contribution in [2.45, 2.75) is 6.92 Å². The van der Waals surface area contributed by atoms with Gasteiger partial charge in [0, 0.05) is 6.54 Å². The van der Waals surface area contributed by atoms with Gasteiger partial charge in [-0.05, 0) is 25.1 Å². The van der Waals surface area contributed by atoms with Crippen LogP contribution >= 0.6 is 0 Å². The van der Waals surface area contributed by atoms with E-state index in [1.54, 1.807) is 23.1 Å². The Morgan fingerprint density at radius 3 is 2.75 bits per heavy atom. The highest BCUT2D eigenvalue weighted by molar-refractivity contribution is 5.94. The van der Waals surface area contributed by atoms with E-state index in [0.29, 0.717) is 18.1 Å². The molecule has 0 bridgehead atoms. The Balaban J connectivity index is 2.50. The summed E-state index contributed by atoms with van der Waals surface area (Å²) in [4.78, 5) is 16.8. The number of benzene rings is 1. The fourth-order valence-corrected chi connectivity index (χ4v) is 1.91. The first-order valence-electron chi connectivity index (χ1n) is 6.05. The largest absolute Gasteiger partial charge is 0.478 e. The number of hydrogen-bond acceptors (Lipinski definition) is 4. The molecule has 1 aromatic heterocycles. The van der Waals surface area contributed by atoms with Gasteiger partial charge in [0.2, 0.25) is 0 Å². The van der Waals surface area contributed by atoms with Crippen molar-refractivity contribution in [2.75, 3.05) is 17.2 Å². The van der Waals surface area contributed by atoms with Crippen LogP contribution in [0, 0.1) is 5.82 Å². The highest BCUT2D eigenvalue weighted by Gasteiger charge is 2.16. The van der Waals surface area contributed by atoms with Crippen LogP contribution in [-0.2, 0) is 0 Å². The highest BCUT2D eigenvalue weighted by atomic mass is 19.1. The molecule has 1 heterocycles. The quantitative estimate of drug-likeness (QED) is 0.896. The molecule has 0 aliphatic rings. The molecule has 0 fully saturated rings. The van der Waals surface area contributed by atoms with Crippen molar-refractivity contribution in [1.82, 2.24) is 4.98 Å². The van der Waals surface area contributed by atoms with E-state index in [2.05, 4.69) is 4.98 Å². The Morgan fingerprint density at radius 1 is 1.45 bits per heavy atom. The monoisotopic (exact) mass is 275 g/mol. The molecule has 6 heteroatoms. The predicted molar refractivity (Wildman–Crippen MR) is 74.7 cm³/mol. The second-order valence-electron chi connectivity index (χ2n) is 4.13. The number of carbonyl (C=O) groups is 1. The molecule has 0 unspecified atom stereocenters. The third-order valence-electron chi connectivity index (χ3n) is 2.89. The molecule has 104 valence electrons. The van der Waals surface area contributed by atoms with Gasteiger partial charge in [0.05, 0.1) is 23.1 Å². The number of aromatic carboxylic acids is 1. The zero-order valence-corrected chi connectivity index (χ0v) is 10.9. The number of halogens is 1. The Kier molecular flexibility index (Phi) is 3.84. The van der Waals surface area contributed by atoms with Crippen LogP contribution in [0.2, 0.25) is 0 Å². The SMILES string of the molecule is CCN(c1cc(C(=O)O)c(N)cn1)c1ccccc1F. The van der Waals surface area contributed by atoms with Gasteiger partial charge in [-0.15, -0.1) is 0 Å². The van der Waals surface area contributed by atoms with Gasteiger partial charge < -0.3 is 15.7 Å². The van der Waals surface area contributed by atoms with E-state index in [1.165, 1.54) is 18.3 Å². The van der Waals surface area contributed by atoms with Gasteiger partial charge in [0.15, 0.2) is 0 Å². The van der Waals surface area contributed by atoms with E-state index in [0.717, 1.165) is 0 Å². The zero-order chi connectivity index (χ0) is 14.7. The third kappa shape index (κ3) is 2.54. The summed E-state index contributed by atoms with van der Waals surface area (Å²) in [7, 11) is 0. The van der Waals surface area contributed by atoms with Crippen LogP contribution in [0.5, 0.6) is 0 Å². The number of pyridine rings is 1. The molecule has 0 amide bonds. The number of carboxylic acid groups (broad SMARTS) is 1. The van der Waals surface area contributed by atoms with Gasteiger partial charge >= 0.3 is 5.97 Å². The minimum atomic E-state index is -1.14. The molecule has 0 saturated heterocycles. The van der Waals surface area contributed by atoms with Gasteiger partial charge in [-0.3, -0.25) is 0 Å². The molecule has 0 radical (unpaired) electrons. The summed E-state index contributed by atoms with van der Waals surface area (Å²) >= 11 is 0. The molecule has 5 nitrogen and oxygen atoms in total. The summed E-state index contributed by atoms with van der Waals surface area (Å²) < 4.78 is 13.8. The van der Waals surface area contributed by atoms with Gasteiger partial charge in [-0.1, -0.05) is 12.1 Å². The van der Waals surface area contributed by atoms with Gasteiger partial charge in [0.1, 0.15) is 11.6 Å². The van der Waals surface area contributed by atoms with Crippen LogP contribution in [0.25, 0.3) is 0 Å². The van der Waals surface area contributed by atoms with Crippen LogP contribution in [0.4, 0.5) is 21.6 Å². The number of para-hydroxylation sites is 1. The van der Waals surface area contributed by atoms with Crippen molar-refractivity contribution in [2.24, 2.45) is 0 Å². The Morgan fingerprint density at radius 2 is 2.15 bits per heavy atom. The normalized spacial score (nSPS) is 10.3. The lowest BCUT2D eigenvalue weighted by molar-refractivity contribution is 0.0698. The summed E-state index contributed by atoms with van der Waals surface area (Å²) in [6.07, 6.45) is 1.27. The molecular formula is C14H14FN3O2. The number of nitrogens with zero attached hydrogens (tertiary/aromatic N) is 2. The number of rotatable bonds is 4. The molecule has 1 aromatic carbocycles. The number of nitrogen functional groups attached to an aromatic ring is 1. The molecule has 3 N–H and O–H groups in total. The predicted octanol–water partition coefficient (Wildman–Crippen LogP) is 2.66. The molecule has 20 heavy (non-hydrogen) atoms. The van der Waals surface area contributed by atoms with Crippen molar-refractivity contribution >= 4 is 23.2 Å². The van der Waals surface area contributed by atoms with Crippen molar-refractivity contribution in [3.8, 4) is 0 Å². The van der Waals surface area contributed by atoms with Crippen LogP contribution in [-0.4, -0.2) is 22.6 Å². The first-order chi connectivity index (χ1) is 9.54. The Bertz CT molecular complexity index is 646. The number of nitrogens with two attached hydrogens (primary N) is 1. The molecule has 0 aliphatic carbocycles. The van der Waals surface area contributed by atoms with Crippen molar-refractivity contribution in [3.63, 3.8) is 0 Å².